The molecular weight excluding hydrogens is 600 g/mol. The summed E-state index contributed by atoms with van der Waals surface area (Å²) in [7, 11) is -4.30. The van der Waals surface area contributed by atoms with Crippen LogP contribution in [0.5, 0.6) is 0 Å². The third-order valence-electron chi connectivity index (χ3n) is 7.45. The lowest BCUT2D eigenvalue weighted by molar-refractivity contribution is -0.140. The van der Waals surface area contributed by atoms with Crippen molar-refractivity contribution in [1.29, 1.82) is 0 Å². The lowest BCUT2D eigenvalue weighted by Gasteiger charge is -2.34. The van der Waals surface area contributed by atoms with Gasteiger partial charge in [0.2, 0.25) is 11.8 Å². The van der Waals surface area contributed by atoms with E-state index in [0.29, 0.717) is 22.0 Å². The predicted molar refractivity (Wildman–Crippen MR) is 164 cm³/mol. The highest BCUT2D eigenvalue weighted by atomic mass is 35.5. The van der Waals surface area contributed by atoms with E-state index in [1.54, 1.807) is 49.4 Å². The predicted octanol–water partition coefficient (Wildman–Crippen LogP) is 6.50. The molecule has 42 heavy (non-hydrogen) atoms. The molecule has 3 aromatic rings. The maximum absolute atomic E-state index is 14.2. The second kappa shape index (κ2) is 13.9. The molecule has 4 rings (SSSR count). The Morgan fingerprint density at radius 1 is 1.00 bits per heavy atom. The van der Waals surface area contributed by atoms with Gasteiger partial charge in [-0.1, -0.05) is 66.7 Å². The molecule has 11 heteroatoms. The molecule has 1 aliphatic rings. The van der Waals surface area contributed by atoms with Gasteiger partial charge in [0.15, 0.2) is 0 Å². The maximum Gasteiger partial charge on any atom is 0.264 e. The van der Waals surface area contributed by atoms with Gasteiger partial charge in [0.1, 0.15) is 18.4 Å². The van der Waals surface area contributed by atoms with Crippen molar-refractivity contribution in [3.05, 3.63) is 93.7 Å². The van der Waals surface area contributed by atoms with Crippen molar-refractivity contribution in [3.8, 4) is 0 Å². The molecule has 0 aliphatic heterocycles. The van der Waals surface area contributed by atoms with Crippen molar-refractivity contribution >= 4 is 50.7 Å². The molecule has 0 saturated heterocycles. The zero-order chi connectivity index (χ0) is 30.4. The minimum atomic E-state index is -4.30. The van der Waals surface area contributed by atoms with Gasteiger partial charge in [-0.15, -0.1) is 0 Å². The summed E-state index contributed by atoms with van der Waals surface area (Å²) in [4.78, 5) is 28.9. The fourth-order valence-electron chi connectivity index (χ4n) is 5.09. The first-order valence-electron chi connectivity index (χ1n) is 13.9. The number of benzene rings is 3. The molecule has 7 nitrogen and oxygen atoms in total. The molecule has 1 fully saturated rings. The summed E-state index contributed by atoms with van der Waals surface area (Å²) < 4.78 is 42.3. The van der Waals surface area contributed by atoms with Crippen molar-refractivity contribution in [2.24, 2.45) is 0 Å². The number of amides is 2. The lowest BCUT2D eigenvalue weighted by Crippen LogP contribution is -2.53. The van der Waals surface area contributed by atoms with Gasteiger partial charge in [0.25, 0.3) is 10.0 Å². The Hall–Kier alpha value is -3.14. The van der Waals surface area contributed by atoms with Gasteiger partial charge < -0.3 is 10.2 Å². The van der Waals surface area contributed by atoms with Crippen molar-refractivity contribution in [2.45, 2.75) is 69.5 Å². The van der Waals surface area contributed by atoms with E-state index < -0.39 is 34.3 Å². The summed E-state index contributed by atoms with van der Waals surface area (Å²) >= 11 is 12.6. The van der Waals surface area contributed by atoms with E-state index >= 15 is 0 Å². The highest BCUT2D eigenvalue weighted by Gasteiger charge is 2.35. The van der Waals surface area contributed by atoms with Crippen LogP contribution in [0.15, 0.2) is 71.6 Å². The van der Waals surface area contributed by atoms with E-state index in [1.807, 2.05) is 6.92 Å². The summed E-state index contributed by atoms with van der Waals surface area (Å²) in [6, 6.07) is 15.1. The second-order valence-corrected chi connectivity index (χ2v) is 13.2. The first-order valence-corrected chi connectivity index (χ1v) is 16.1. The van der Waals surface area contributed by atoms with E-state index in [2.05, 4.69) is 5.32 Å². The van der Waals surface area contributed by atoms with E-state index in [4.69, 9.17) is 23.2 Å². The Labute approximate surface area is 256 Å². The lowest BCUT2D eigenvalue weighted by atomic mass is 10.1. The largest absolute Gasteiger partial charge is 0.352 e. The Morgan fingerprint density at radius 2 is 1.64 bits per heavy atom. The topological polar surface area (TPSA) is 86.8 Å². The molecule has 2 amide bonds. The van der Waals surface area contributed by atoms with Crippen LogP contribution in [-0.2, 0) is 26.2 Å². The fourth-order valence-corrected chi connectivity index (χ4v) is 6.98. The summed E-state index contributed by atoms with van der Waals surface area (Å²) in [5, 5.41) is 3.81. The molecule has 1 saturated carbocycles. The standard InChI is InChI=1S/C31H34Cl2FN3O4S/c1-3-29(31(39)35-25-6-4-5-7-25)36(19-22-10-11-23(32)18-28(22)33)30(38)20-37(26-14-8-21(2)9-15-26)42(40,41)27-16-12-24(34)13-17-27/h8-18,25,29H,3-7,19-20H2,1-2H3,(H,35,39)/t29-/m1/s1. The zero-order valence-corrected chi connectivity index (χ0v) is 25.9. The molecule has 0 radical (unpaired) electrons. The molecule has 1 atom stereocenters. The molecule has 0 unspecified atom stereocenters. The van der Waals surface area contributed by atoms with Crippen LogP contribution in [0.1, 0.15) is 50.2 Å². The SMILES string of the molecule is CC[C@H](C(=O)NC1CCCC1)N(Cc1ccc(Cl)cc1Cl)C(=O)CN(c1ccc(C)cc1)S(=O)(=O)c1ccc(F)cc1. The molecular formula is C31H34Cl2FN3O4S. The molecule has 224 valence electrons. The summed E-state index contributed by atoms with van der Waals surface area (Å²) in [6.07, 6.45) is 4.09. The van der Waals surface area contributed by atoms with Crippen LogP contribution in [0.3, 0.4) is 0 Å². The second-order valence-electron chi connectivity index (χ2n) is 10.5. The molecule has 1 aliphatic carbocycles. The summed E-state index contributed by atoms with van der Waals surface area (Å²) in [5.41, 5.74) is 1.72. The number of aryl methyl sites for hydroxylation is 1. The Kier molecular flexibility index (Phi) is 10.5. The first-order chi connectivity index (χ1) is 20.0. The van der Waals surface area contributed by atoms with Crippen LogP contribution in [0.2, 0.25) is 10.0 Å². The zero-order valence-electron chi connectivity index (χ0n) is 23.5. The molecule has 0 heterocycles. The maximum atomic E-state index is 14.2. The van der Waals surface area contributed by atoms with Gasteiger partial charge in [-0.2, -0.15) is 0 Å². The van der Waals surface area contributed by atoms with Gasteiger partial charge >= 0.3 is 0 Å². The summed E-state index contributed by atoms with van der Waals surface area (Å²) in [6.45, 7) is 3.03. The number of nitrogens with zero attached hydrogens (tertiary/aromatic N) is 2. The summed E-state index contributed by atoms with van der Waals surface area (Å²) in [5.74, 6) is -1.48. The van der Waals surface area contributed by atoms with Crippen molar-refractivity contribution in [3.63, 3.8) is 0 Å². The molecule has 0 bridgehead atoms. The highest BCUT2D eigenvalue weighted by Crippen LogP contribution is 2.27. The van der Waals surface area contributed by atoms with Crippen LogP contribution < -0.4 is 9.62 Å². The van der Waals surface area contributed by atoms with E-state index in [0.717, 1.165) is 59.8 Å². The van der Waals surface area contributed by atoms with Crippen molar-refractivity contribution in [1.82, 2.24) is 10.2 Å². The van der Waals surface area contributed by atoms with E-state index in [1.165, 1.54) is 4.90 Å². The average Bonchev–Trinajstić information content (AvgIpc) is 3.46. The van der Waals surface area contributed by atoms with Gasteiger partial charge in [0.05, 0.1) is 10.6 Å². The number of nitrogens with one attached hydrogen (secondary N) is 1. The van der Waals surface area contributed by atoms with Crippen LogP contribution in [0.25, 0.3) is 0 Å². The first kappa shape index (κ1) is 31.8. The number of sulfonamides is 1. The van der Waals surface area contributed by atoms with E-state index in [9.17, 15) is 22.4 Å². The third-order valence-corrected chi connectivity index (χ3v) is 9.82. The number of hydrogen-bond acceptors (Lipinski definition) is 4. The normalized spacial score (nSPS) is 14.4. The van der Waals surface area contributed by atoms with Gasteiger partial charge in [-0.25, -0.2) is 12.8 Å². The molecule has 3 aromatic carbocycles. The smallest absolute Gasteiger partial charge is 0.264 e. The Morgan fingerprint density at radius 3 is 2.24 bits per heavy atom. The average molecular weight is 635 g/mol. The number of carbonyl (C=O) groups excluding carboxylic acids is 2. The fraction of sp³-hybridized carbons (Fsp3) is 0.355. The quantitative estimate of drug-likeness (QED) is 0.261. The highest BCUT2D eigenvalue weighted by molar-refractivity contribution is 7.92. The molecule has 0 spiro atoms. The van der Waals surface area contributed by atoms with Crippen LogP contribution >= 0.6 is 23.2 Å². The number of halogens is 3. The molecule has 1 N–H and O–H groups in total. The minimum absolute atomic E-state index is 0.0329. The van der Waals surface area contributed by atoms with Crippen LogP contribution in [-0.4, -0.2) is 43.8 Å². The number of rotatable bonds is 11. The van der Waals surface area contributed by atoms with Crippen molar-refractivity contribution < 1.29 is 22.4 Å². The van der Waals surface area contributed by atoms with E-state index in [-0.39, 0.29) is 29.1 Å². The third kappa shape index (κ3) is 7.62. The Balaban J connectivity index is 1.73. The van der Waals surface area contributed by atoms with Gasteiger partial charge in [-0.3, -0.25) is 13.9 Å². The number of anilines is 1. The van der Waals surface area contributed by atoms with Gasteiger partial charge in [-0.05, 0) is 80.3 Å². The van der Waals surface area contributed by atoms with Crippen molar-refractivity contribution in [2.75, 3.05) is 10.8 Å². The Bertz CT molecular complexity index is 1510. The number of carbonyl (C=O) groups is 2. The molecule has 0 aromatic heterocycles. The minimum Gasteiger partial charge on any atom is -0.352 e. The van der Waals surface area contributed by atoms with Gasteiger partial charge in [0, 0.05) is 22.6 Å². The number of hydrogen-bond donors (Lipinski definition) is 1. The monoisotopic (exact) mass is 633 g/mol. The van der Waals surface area contributed by atoms with Crippen LogP contribution in [0.4, 0.5) is 10.1 Å². The van der Waals surface area contributed by atoms with Crippen LogP contribution in [0, 0.1) is 12.7 Å².